The van der Waals surface area contributed by atoms with E-state index >= 15 is 0 Å². The Morgan fingerprint density at radius 2 is 1.42 bits per heavy atom. The average Bonchev–Trinajstić information content (AvgIpc) is 3.28. The molecule has 3 aromatic carbocycles. The van der Waals surface area contributed by atoms with E-state index in [9.17, 15) is 8.78 Å². The molecule has 0 spiro atoms. The van der Waals surface area contributed by atoms with E-state index in [4.69, 9.17) is 14.6 Å². The second kappa shape index (κ2) is 12.6. The normalized spacial score (nSPS) is 10.7. The lowest BCUT2D eigenvalue weighted by Crippen LogP contribution is -2.17. The van der Waals surface area contributed by atoms with Crippen LogP contribution in [0.4, 0.5) is 8.78 Å². The lowest BCUT2D eigenvalue weighted by Gasteiger charge is -2.17. The smallest absolute Gasteiger partial charge is 0.322 e. The molecule has 0 unspecified atom stereocenters. The number of halogens is 2. The second-order valence-electron chi connectivity index (χ2n) is 8.88. The molecule has 5 rings (SSSR count). The molecule has 0 atom stereocenters. The number of hydrogen-bond donors (Lipinski definition) is 0. The third-order valence-electron chi connectivity index (χ3n) is 6.06. The SMILES string of the molecule is CN(Cc1ccc(F)cc1)Cc1ccc2nc(-c3ccccn3)n(CCc3ccc(F)cc3)c2c1.O=C=O. The zero-order valence-electron chi connectivity index (χ0n) is 20.8. The number of hydrogen-bond acceptors (Lipinski definition) is 5. The molecule has 5 aromatic rings. The monoisotopic (exact) mass is 512 g/mol. The Morgan fingerprint density at radius 3 is 2.05 bits per heavy atom. The molecule has 0 saturated heterocycles. The highest BCUT2D eigenvalue weighted by molar-refractivity contribution is 5.80. The van der Waals surface area contributed by atoms with Gasteiger partial charge in [-0.25, -0.2) is 13.8 Å². The van der Waals surface area contributed by atoms with Crippen LogP contribution in [-0.2, 0) is 35.6 Å². The third-order valence-corrected chi connectivity index (χ3v) is 6.06. The summed E-state index contributed by atoms with van der Waals surface area (Å²) in [6, 6.07) is 25.4. The molecule has 0 radical (unpaired) electrons. The number of carbonyl (C=O) groups excluding carboxylic acids is 2. The van der Waals surface area contributed by atoms with Gasteiger partial charge in [0.1, 0.15) is 17.3 Å². The van der Waals surface area contributed by atoms with Gasteiger partial charge < -0.3 is 4.57 Å². The van der Waals surface area contributed by atoms with Gasteiger partial charge in [-0.15, -0.1) is 0 Å². The van der Waals surface area contributed by atoms with Crippen molar-refractivity contribution in [1.82, 2.24) is 19.4 Å². The van der Waals surface area contributed by atoms with Gasteiger partial charge in [-0.3, -0.25) is 9.88 Å². The maximum absolute atomic E-state index is 13.4. The van der Waals surface area contributed by atoms with Crippen molar-refractivity contribution in [3.8, 4) is 11.5 Å². The standard InChI is InChI=1S/C29H26F2N4.CO2/c1-34(19-22-7-12-25(31)13-8-22)20-23-9-14-26-28(18-23)35(17-15-21-5-10-24(30)11-6-21)29(33-26)27-4-2-3-16-32-27;2-1-3/h2-14,16,18H,15,17,19-20H2,1H3;. The summed E-state index contributed by atoms with van der Waals surface area (Å²) in [5, 5.41) is 0. The summed E-state index contributed by atoms with van der Waals surface area (Å²) in [4.78, 5) is 27.9. The van der Waals surface area contributed by atoms with Crippen molar-refractivity contribution in [3.63, 3.8) is 0 Å². The first-order valence-electron chi connectivity index (χ1n) is 12.0. The molecule has 0 aliphatic carbocycles. The predicted octanol–water partition coefficient (Wildman–Crippen LogP) is 5.67. The van der Waals surface area contributed by atoms with Crippen LogP contribution in [0.1, 0.15) is 16.7 Å². The van der Waals surface area contributed by atoms with Crippen LogP contribution in [0.3, 0.4) is 0 Å². The van der Waals surface area contributed by atoms with Crippen molar-refractivity contribution >= 4 is 17.2 Å². The molecular formula is C30H26F2N4O2. The lowest BCUT2D eigenvalue weighted by atomic mass is 10.1. The van der Waals surface area contributed by atoms with Crippen molar-refractivity contribution in [2.24, 2.45) is 0 Å². The van der Waals surface area contributed by atoms with E-state index in [1.165, 1.54) is 24.3 Å². The van der Waals surface area contributed by atoms with Crippen molar-refractivity contribution in [2.75, 3.05) is 7.05 Å². The van der Waals surface area contributed by atoms with Gasteiger partial charge in [-0.05, 0) is 78.7 Å². The largest absolute Gasteiger partial charge is 0.373 e. The molecule has 0 fully saturated rings. The van der Waals surface area contributed by atoms with Crippen LogP contribution < -0.4 is 0 Å². The molecule has 0 aliphatic rings. The first kappa shape index (κ1) is 26.5. The Bertz CT molecular complexity index is 1510. The molecule has 0 saturated carbocycles. The minimum absolute atomic E-state index is 0.223. The number of pyridine rings is 1. The van der Waals surface area contributed by atoms with Gasteiger partial charge in [0.15, 0.2) is 5.82 Å². The molecule has 0 aliphatic heterocycles. The van der Waals surface area contributed by atoms with E-state index in [1.54, 1.807) is 6.20 Å². The highest BCUT2D eigenvalue weighted by Gasteiger charge is 2.15. The molecule has 0 N–H and O–H groups in total. The Morgan fingerprint density at radius 1 is 0.816 bits per heavy atom. The van der Waals surface area contributed by atoms with Gasteiger partial charge in [-0.2, -0.15) is 9.59 Å². The van der Waals surface area contributed by atoms with Crippen molar-refractivity contribution in [3.05, 3.63) is 119 Å². The maximum Gasteiger partial charge on any atom is 0.373 e. The van der Waals surface area contributed by atoms with Crippen LogP contribution in [0, 0.1) is 11.6 Å². The fourth-order valence-electron chi connectivity index (χ4n) is 4.34. The number of aromatic nitrogens is 3. The first-order valence-corrected chi connectivity index (χ1v) is 12.0. The Balaban J connectivity index is 0.00000107. The summed E-state index contributed by atoms with van der Waals surface area (Å²) in [5.74, 6) is 0.365. The molecule has 2 aromatic heterocycles. The molecule has 2 heterocycles. The van der Waals surface area contributed by atoms with E-state index < -0.39 is 0 Å². The molecule has 6 nitrogen and oxygen atoms in total. The Hall–Kier alpha value is -4.52. The van der Waals surface area contributed by atoms with E-state index in [2.05, 4.69) is 39.7 Å². The zero-order chi connectivity index (χ0) is 26.9. The third kappa shape index (κ3) is 6.82. The van der Waals surface area contributed by atoms with Gasteiger partial charge in [0.2, 0.25) is 0 Å². The minimum atomic E-state index is -0.231. The summed E-state index contributed by atoms with van der Waals surface area (Å²) >= 11 is 0. The van der Waals surface area contributed by atoms with Crippen LogP contribution in [0.25, 0.3) is 22.6 Å². The second-order valence-corrected chi connectivity index (χ2v) is 8.88. The highest BCUT2D eigenvalue weighted by Crippen LogP contribution is 2.26. The molecular weight excluding hydrogens is 486 g/mol. The molecule has 0 amide bonds. The maximum atomic E-state index is 13.4. The zero-order valence-corrected chi connectivity index (χ0v) is 20.8. The van der Waals surface area contributed by atoms with Gasteiger partial charge in [0, 0.05) is 25.8 Å². The van der Waals surface area contributed by atoms with Crippen molar-refractivity contribution < 1.29 is 18.4 Å². The van der Waals surface area contributed by atoms with Crippen LogP contribution in [0.2, 0.25) is 0 Å². The van der Waals surface area contributed by atoms with Gasteiger partial charge in [0.25, 0.3) is 0 Å². The van der Waals surface area contributed by atoms with E-state index in [0.29, 0.717) is 6.54 Å². The number of benzene rings is 3. The number of aryl methyl sites for hydroxylation is 2. The van der Waals surface area contributed by atoms with E-state index in [1.807, 2.05) is 42.5 Å². The first-order chi connectivity index (χ1) is 18.5. The van der Waals surface area contributed by atoms with E-state index in [0.717, 1.165) is 58.8 Å². The summed E-state index contributed by atoms with van der Waals surface area (Å²) in [7, 11) is 2.05. The highest BCUT2D eigenvalue weighted by atomic mass is 19.1. The molecule has 0 bridgehead atoms. The predicted molar refractivity (Wildman–Crippen MR) is 140 cm³/mol. The number of rotatable bonds is 8. The fourth-order valence-corrected chi connectivity index (χ4v) is 4.34. The average molecular weight is 513 g/mol. The van der Waals surface area contributed by atoms with Gasteiger partial charge >= 0.3 is 6.15 Å². The van der Waals surface area contributed by atoms with Crippen LogP contribution in [0.15, 0.2) is 91.1 Å². The van der Waals surface area contributed by atoms with Crippen molar-refractivity contribution in [1.29, 1.82) is 0 Å². The molecule has 192 valence electrons. The summed E-state index contributed by atoms with van der Waals surface area (Å²) in [6.45, 7) is 2.17. The van der Waals surface area contributed by atoms with Crippen molar-refractivity contribution in [2.45, 2.75) is 26.1 Å². The topological polar surface area (TPSA) is 68.1 Å². The van der Waals surface area contributed by atoms with Crippen LogP contribution >= 0.6 is 0 Å². The van der Waals surface area contributed by atoms with E-state index in [-0.39, 0.29) is 17.8 Å². The number of imidazole rings is 1. The summed E-state index contributed by atoms with van der Waals surface area (Å²) < 4.78 is 28.8. The minimum Gasteiger partial charge on any atom is -0.322 e. The quantitative estimate of drug-likeness (QED) is 0.268. The fraction of sp³-hybridized carbons (Fsp3) is 0.167. The molecule has 8 heteroatoms. The number of fused-ring (bicyclic) bond motifs is 1. The molecule has 38 heavy (non-hydrogen) atoms. The Kier molecular flexibility index (Phi) is 8.82. The van der Waals surface area contributed by atoms with Crippen LogP contribution in [-0.4, -0.2) is 32.6 Å². The summed E-state index contributed by atoms with van der Waals surface area (Å²) in [6.07, 6.45) is 2.77. The Labute approximate surface area is 219 Å². The number of nitrogens with zero attached hydrogens (tertiary/aromatic N) is 4. The van der Waals surface area contributed by atoms with Crippen LogP contribution in [0.5, 0.6) is 0 Å². The van der Waals surface area contributed by atoms with Gasteiger partial charge in [0.05, 0.1) is 11.0 Å². The summed E-state index contributed by atoms with van der Waals surface area (Å²) in [5.41, 5.74) is 6.07. The van der Waals surface area contributed by atoms with Gasteiger partial charge in [-0.1, -0.05) is 36.4 Å². The lowest BCUT2D eigenvalue weighted by molar-refractivity contribution is -0.191.